The number of aromatic carboxylic acids is 1. The van der Waals surface area contributed by atoms with Crippen molar-refractivity contribution >= 4 is 23.5 Å². The van der Waals surface area contributed by atoms with E-state index in [1.165, 1.54) is 6.07 Å². The number of carboxylic acids is 1. The molecule has 0 bridgehead atoms. The molecule has 1 amide bonds. The number of pyridine rings is 1. The number of amides is 1. The molecule has 0 aliphatic rings. The first-order valence-corrected chi connectivity index (χ1v) is 11.0. The van der Waals surface area contributed by atoms with Gasteiger partial charge in [-0.25, -0.2) is 9.78 Å². The Hall–Kier alpha value is -3.58. The molecule has 0 saturated carbocycles. The molecule has 2 N–H and O–H groups in total. The Balaban J connectivity index is 1.80. The Morgan fingerprint density at radius 1 is 1.06 bits per heavy atom. The molecule has 0 saturated heterocycles. The first-order chi connectivity index (χ1) is 15.9. The van der Waals surface area contributed by atoms with Gasteiger partial charge >= 0.3 is 5.97 Å². The molecule has 0 fully saturated rings. The maximum atomic E-state index is 12.7. The third kappa shape index (κ3) is 6.23. The Morgan fingerprint density at radius 2 is 1.88 bits per heavy atom. The second-order valence-electron chi connectivity index (χ2n) is 7.18. The summed E-state index contributed by atoms with van der Waals surface area (Å²) in [5.41, 5.74) is 2.57. The summed E-state index contributed by atoms with van der Waals surface area (Å²) in [6, 6.07) is 13.3. The number of benzene rings is 2. The molecule has 3 rings (SSSR count). The van der Waals surface area contributed by atoms with E-state index in [9.17, 15) is 14.7 Å². The van der Waals surface area contributed by atoms with Crippen LogP contribution in [0, 0.1) is 0 Å². The number of nitrogens with zero attached hydrogens (tertiary/aromatic N) is 1. The molecule has 3 aromatic rings. The van der Waals surface area contributed by atoms with Crippen molar-refractivity contribution in [3.63, 3.8) is 0 Å². The van der Waals surface area contributed by atoms with Crippen molar-refractivity contribution in [2.45, 2.75) is 26.8 Å². The molecule has 8 heteroatoms. The molecule has 172 valence electrons. The highest BCUT2D eigenvalue weighted by Crippen LogP contribution is 2.26. The van der Waals surface area contributed by atoms with E-state index in [2.05, 4.69) is 10.3 Å². The van der Waals surface area contributed by atoms with Gasteiger partial charge in [0.2, 0.25) is 5.88 Å². The van der Waals surface area contributed by atoms with Gasteiger partial charge in [-0.1, -0.05) is 30.7 Å². The number of aromatic nitrogens is 1. The van der Waals surface area contributed by atoms with Crippen molar-refractivity contribution in [1.29, 1.82) is 0 Å². The van der Waals surface area contributed by atoms with Crippen molar-refractivity contribution in [3.05, 3.63) is 76.4 Å². The maximum absolute atomic E-state index is 12.7. The van der Waals surface area contributed by atoms with Crippen LogP contribution < -0.4 is 14.8 Å². The van der Waals surface area contributed by atoms with Crippen LogP contribution in [0.25, 0.3) is 11.1 Å². The highest BCUT2D eigenvalue weighted by Gasteiger charge is 2.14. The van der Waals surface area contributed by atoms with Gasteiger partial charge < -0.3 is 19.9 Å². The lowest BCUT2D eigenvalue weighted by atomic mass is 10.0. The van der Waals surface area contributed by atoms with Gasteiger partial charge in [0.15, 0.2) is 0 Å². The van der Waals surface area contributed by atoms with Crippen LogP contribution in [0.1, 0.15) is 46.5 Å². The van der Waals surface area contributed by atoms with Crippen molar-refractivity contribution < 1.29 is 24.2 Å². The highest BCUT2D eigenvalue weighted by atomic mass is 35.5. The zero-order valence-corrected chi connectivity index (χ0v) is 19.2. The summed E-state index contributed by atoms with van der Waals surface area (Å²) < 4.78 is 11.1. The molecule has 1 aromatic heterocycles. The van der Waals surface area contributed by atoms with Gasteiger partial charge in [0.05, 0.1) is 29.4 Å². The third-order valence-electron chi connectivity index (χ3n) is 4.75. The molecule has 0 aliphatic heterocycles. The van der Waals surface area contributed by atoms with E-state index in [0.717, 1.165) is 6.42 Å². The summed E-state index contributed by atoms with van der Waals surface area (Å²) in [6.45, 7) is 4.98. The molecular formula is C25H25ClN2O5. The molecular weight excluding hydrogens is 444 g/mol. The van der Waals surface area contributed by atoms with E-state index in [0.29, 0.717) is 52.1 Å². The fraction of sp³-hybridized carbons (Fsp3) is 0.240. The SMILES string of the molecule is CCCOc1ccc(C(=O)NCc2cc(-c3cccc(C(=O)O)c3)cnc2OCC)c(Cl)c1. The molecule has 7 nitrogen and oxygen atoms in total. The topological polar surface area (TPSA) is 97.8 Å². The summed E-state index contributed by atoms with van der Waals surface area (Å²) in [7, 11) is 0. The first kappa shape index (κ1) is 24.1. The molecule has 33 heavy (non-hydrogen) atoms. The molecule has 0 aliphatic carbocycles. The van der Waals surface area contributed by atoms with Gasteiger partial charge in [-0.3, -0.25) is 4.79 Å². The Morgan fingerprint density at radius 3 is 2.58 bits per heavy atom. The molecule has 0 spiro atoms. The van der Waals surface area contributed by atoms with E-state index < -0.39 is 5.97 Å². The molecule has 0 unspecified atom stereocenters. The highest BCUT2D eigenvalue weighted by molar-refractivity contribution is 6.34. The third-order valence-corrected chi connectivity index (χ3v) is 5.06. The molecule has 2 aromatic carbocycles. The number of ether oxygens (including phenoxy) is 2. The summed E-state index contributed by atoms with van der Waals surface area (Å²) in [5, 5.41) is 12.4. The number of carboxylic acid groups (broad SMARTS) is 1. The number of hydrogen-bond acceptors (Lipinski definition) is 5. The lowest BCUT2D eigenvalue weighted by Crippen LogP contribution is -2.23. The van der Waals surface area contributed by atoms with Gasteiger partial charge in [-0.15, -0.1) is 0 Å². The average molecular weight is 469 g/mol. The summed E-state index contributed by atoms with van der Waals surface area (Å²) in [5.74, 6) is -0.350. The number of rotatable bonds is 10. The van der Waals surface area contributed by atoms with Gasteiger partial charge in [0.1, 0.15) is 5.75 Å². The zero-order valence-electron chi connectivity index (χ0n) is 18.4. The largest absolute Gasteiger partial charge is 0.494 e. The Kier molecular flexibility index (Phi) is 8.27. The van der Waals surface area contributed by atoms with Crippen molar-refractivity contribution in [2.24, 2.45) is 0 Å². The summed E-state index contributed by atoms with van der Waals surface area (Å²) in [4.78, 5) is 28.4. The lowest BCUT2D eigenvalue weighted by molar-refractivity contribution is 0.0696. The fourth-order valence-corrected chi connectivity index (χ4v) is 3.40. The van der Waals surface area contributed by atoms with E-state index in [1.54, 1.807) is 42.6 Å². The van der Waals surface area contributed by atoms with E-state index in [1.807, 2.05) is 19.9 Å². The number of nitrogens with one attached hydrogen (secondary N) is 1. The predicted molar refractivity (Wildman–Crippen MR) is 126 cm³/mol. The average Bonchev–Trinajstić information content (AvgIpc) is 2.82. The number of carbonyl (C=O) groups excluding carboxylic acids is 1. The van der Waals surface area contributed by atoms with Crippen LogP contribution in [0.4, 0.5) is 0 Å². The Labute approximate surface area is 197 Å². The zero-order chi connectivity index (χ0) is 23.8. The minimum absolute atomic E-state index is 0.151. The van der Waals surface area contributed by atoms with Gasteiger partial charge in [0.25, 0.3) is 5.91 Å². The molecule has 1 heterocycles. The van der Waals surface area contributed by atoms with Crippen molar-refractivity contribution in [1.82, 2.24) is 10.3 Å². The second kappa shape index (κ2) is 11.3. The van der Waals surface area contributed by atoms with Crippen LogP contribution >= 0.6 is 11.6 Å². The fourth-order valence-electron chi connectivity index (χ4n) is 3.14. The van der Waals surface area contributed by atoms with Crippen LogP contribution in [-0.2, 0) is 6.54 Å². The monoisotopic (exact) mass is 468 g/mol. The molecule has 0 atom stereocenters. The van der Waals surface area contributed by atoms with Crippen LogP contribution in [0.15, 0.2) is 54.7 Å². The Bertz CT molecular complexity index is 1150. The summed E-state index contributed by atoms with van der Waals surface area (Å²) >= 11 is 6.29. The smallest absolute Gasteiger partial charge is 0.335 e. The lowest BCUT2D eigenvalue weighted by Gasteiger charge is -2.13. The van der Waals surface area contributed by atoms with Crippen LogP contribution in [0.2, 0.25) is 5.02 Å². The number of hydrogen-bond donors (Lipinski definition) is 2. The van der Waals surface area contributed by atoms with Gasteiger partial charge in [-0.05, 0) is 55.3 Å². The maximum Gasteiger partial charge on any atom is 0.335 e. The second-order valence-corrected chi connectivity index (χ2v) is 7.59. The summed E-state index contributed by atoms with van der Waals surface area (Å²) in [6.07, 6.45) is 2.49. The minimum atomic E-state index is -1.01. The van der Waals surface area contributed by atoms with E-state index >= 15 is 0 Å². The van der Waals surface area contributed by atoms with Crippen LogP contribution in [0.3, 0.4) is 0 Å². The minimum Gasteiger partial charge on any atom is -0.494 e. The van der Waals surface area contributed by atoms with E-state index in [4.69, 9.17) is 21.1 Å². The number of halogens is 1. The van der Waals surface area contributed by atoms with Gasteiger partial charge in [-0.2, -0.15) is 0 Å². The van der Waals surface area contributed by atoms with Crippen molar-refractivity contribution in [2.75, 3.05) is 13.2 Å². The standard InChI is InChI=1S/C25H25ClN2O5/c1-3-10-33-20-8-9-21(22(26)13-20)23(29)27-15-19-12-18(14-28-24(19)32-4-2)16-6-5-7-17(11-16)25(30)31/h5-9,11-14H,3-4,10,15H2,1-2H3,(H,27,29)(H,30,31). The van der Waals surface area contributed by atoms with Crippen LogP contribution in [-0.4, -0.2) is 35.2 Å². The molecule has 0 radical (unpaired) electrons. The van der Waals surface area contributed by atoms with E-state index in [-0.39, 0.29) is 18.0 Å². The number of carbonyl (C=O) groups is 2. The predicted octanol–water partition coefficient (Wildman–Crippen LogP) is 5.22. The first-order valence-electron chi connectivity index (χ1n) is 10.6. The van der Waals surface area contributed by atoms with Crippen LogP contribution in [0.5, 0.6) is 11.6 Å². The van der Waals surface area contributed by atoms with Crippen molar-refractivity contribution in [3.8, 4) is 22.8 Å². The normalized spacial score (nSPS) is 10.5. The quantitative estimate of drug-likeness (QED) is 0.423. The van der Waals surface area contributed by atoms with Gasteiger partial charge in [0, 0.05) is 23.9 Å².